The van der Waals surface area contributed by atoms with E-state index in [4.69, 9.17) is 4.74 Å². The van der Waals surface area contributed by atoms with Crippen molar-refractivity contribution in [2.75, 3.05) is 13.1 Å². The van der Waals surface area contributed by atoms with Crippen molar-refractivity contribution in [3.63, 3.8) is 0 Å². The summed E-state index contributed by atoms with van der Waals surface area (Å²) in [4.78, 5) is 23.4. The number of aromatic nitrogens is 4. The van der Waals surface area contributed by atoms with Crippen molar-refractivity contribution in [2.24, 2.45) is 7.05 Å². The third kappa shape index (κ3) is 4.11. The molecule has 8 heteroatoms. The molecule has 0 atom stereocenters. The first-order valence-corrected chi connectivity index (χ1v) is 9.55. The molecule has 0 bridgehead atoms. The summed E-state index contributed by atoms with van der Waals surface area (Å²) in [6.45, 7) is 3.08. The summed E-state index contributed by atoms with van der Waals surface area (Å²) in [6, 6.07) is 5.95. The number of benzene rings is 1. The Balaban J connectivity index is 1.46. The number of nitrogens with zero attached hydrogens (tertiary/aromatic N) is 5. The van der Waals surface area contributed by atoms with Gasteiger partial charge in [0.15, 0.2) is 0 Å². The summed E-state index contributed by atoms with van der Waals surface area (Å²) in [5.74, 6) is 0.513. The van der Waals surface area contributed by atoms with Crippen molar-refractivity contribution < 1.29 is 13.9 Å². The number of carbonyl (C=O) groups is 1. The van der Waals surface area contributed by atoms with Crippen LogP contribution in [0.15, 0.2) is 42.9 Å². The van der Waals surface area contributed by atoms with Crippen LogP contribution in [0.25, 0.3) is 0 Å². The molecule has 0 aliphatic carbocycles. The second-order valence-electron chi connectivity index (χ2n) is 7.17. The van der Waals surface area contributed by atoms with Crippen LogP contribution >= 0.6 is 0 Å². The number of likely N-dealkylation sites (tertiary alicyclic amines) is 1. The highest BCUT2D eigenvalue weighted by Gasteiger charge is 2.29. The summed E-state index contributed by atoms with van der Waals surface area (Å²) >= 11 is 0. The van der Waals surface area contributed by atoms with E-state index in [2.05, 4.69) is 15.1 Å². The number of carbonyl (C=O) groups excluding carboxylic acids is 1. The van der Waals surface area contributed by atoms with Crippen LogP contribution in [-0.4, -0.2) is 43.6 Å². The van der Waals surface area contributed by atoms with Gasteiger partial charge >= 0.3 is 0 Å². The van der Waals surface area contributed by atoms with Crippen LogP contribution in [0.4, 0.5) is 4.39 Å². The molecule has 1 aliphatic heterocycles. The van der Waals surface area contributed by atoms with E-state index in [-0.39, 0.29) is 17.6 Å². The van der Waals surface area contributed by atoms with Crippen molar-refractivity contribution in [2.45, 2.75) is 25.7 Å². The van der Waals surface area contributed by atoms with Crippen molar-refractivity contribution in [1.29, 1.82) is 0 Å². The Morgan fingerprint density at radius 3 is 2.66 bits per heavy atom. The first-order valence-electron chi connectivity index (χ1n) is 9.55. The van der Waals surface area contributed by atoms with Crippen LogP contribution in [0, 0.1) is 12.7 Å². The van der Waals surface area contributed by atoms with Crippen LogP contribution in [0.5, 0.6) is 11.6 Å². The molecular formula is C21H22FN5O2. The van der Waals surface area contributed by atoms with Crippen LogP contribution in [0.2, 0.25) is 0 Å². The molecule has 1 fully saturated rings. The molecule has 1 aliphatic rings. The minimum Gasteiger partial charge on any atom is -0.437 e. The summed E-state index contributed by atoms with van der Waals surface area (Å²) in [5, 5.41) is 4.25. The zero-order valence-corrected chi connectivity index (χ0v) is 16.4. The molecule has 0 N–H and O–H groups in total. The second-order valence-corrected chi connectivity index (χ2v) is 7.17. The van der Waals surface area contributed by atoms with Gasteiger partial charge in [-0.15, -0.1) is 0 Å². The average Bonchev–Trinajstić information content (AvgIpc) is 3.06. The number of hydrogen-bond acceptors (Lipinski definition) is 5. The lowest BCUT2D eigenvalue weighted by molar-refractivity contribution is 0.0711. The Morgan fingerprint density at radius 1 is 1.21 bits per heavy atom. The number of amides is 1. The van der Waals surface area contributed by atoms with Gasteiger partial charge in [-0.1, -0.05) is 6.07 Å². The van der Waals surface area contributed by atoms with E-state index in [1.165, 1.54) is 12.1 Å². The highest BCUT2D eigenvalue weighted by molar-refractivity contribution is 5.95. The van der Waals surface area contributed by atoms with Gasteiger partial charge in [0.25, 0.3) is 5.91 Å². The highest BCUT2D eigenvalue weighted by atomic mass is 19.1. The smallest absolute Gasteiger partial charge is 0.257 e. The van der Waals surface area contributed by atoms with Crippen molar-refractivity contribution in [3.8, 4) is 11.6 Å². The summed E-state index contributed by atoms with van der Waals surface area (Å²) < 4.78 is 20.9. The average molecular weight is 395 g/mol. The predicted octanol–water partition coefficient (Wildman–Crippen LogP) is 3.47. The SMILES string of the molecule is Cc1nn(C)cc1C(=O)N1CCC(c2nccnc2Oc2cccc(F)c2)CC1. The van der Waals surface area contributed by atoms with Crippen LogP contribution in [0.3, 0.4) is 0 Å². The topological polar surface area (TPSA) is 73.1 Å². The van der Waals surface area contributed by atoms with E-state index < -0.39 is 0 Å². The standard InChI is InChI=1S/C21H22FN5O2/c1-14-18(13-26(2)25-14)21(28)27-10-6-15(7-11-27)19-20(24-9-8-23-19)29-17-5-3-4-16(22)12-17/h3-5,8-9,12-13,15H,6-7,10-11H2,1-2H3. The Hall–Kier alpha value is -3.29. The quantitative estimate of drug-likeness (QED) is 0.676. The minimum absolute atomic E-state index is 0.00410. The molecule has 1 aromatic carbocycles. The Morgan fingerprint density at radius 2 is 1.97 bits per heavy atom. The minimum atomic E-state index is -0.370. The molecule has 0 saturated carbocycles. The van der Waals surface area contributed by atoms with Gasteiger partial charge in [-0.3, -0.25) is 14.5 Å². The van der Waals surface area contributed by atoms with Crippen molar-refractivity contribution in [3.05, 3.63) is 65.6 Å². The number of halogens is 1. The molecule has 2 aromatic heterocycles. The fourth-order valence-corrected chi connectivity index (χ4v) is 3.67. The summed E-state index contributed by atoms with van der Waals surface area (Å²) in [6.07, 6.45) is 6.45. The van der Waals surface area contributed by atoms with Crippen LogP contribution < -0.4 is 4.74 Å². The van der Waals surface area contributed by atoms with E-state index in [1.54, 1.807) is 35.4 Å². The van der Waals surface area contributed by atoms with Gasteiger partial charge in [0.2, 0.25) is 5.88 Å². The lowest BCUT2D eigenvalue weighted by Crippen LogP contribution is -2.38. The molecule has 4 rings (SSSR count). The third-order valence-electron chi connectivity index (χ3n) is 5.11. The lowest BCUT2D eigenvalue weighted by Gasteiger charge is -2.32. The molecule has 0 radical (unpaired) electrons. The molecule has 29 heavy (non-hydrogen) atoms. The van der Waals surface area contributed by atoms with E-state index in [9.17, 15) is 9.18 Å². The largest absolute Gasteiger partial charge is 0.437 e. The summed E-state index contributed by atoms with van der Waals surface area (Å²) in [5.41, 5.74) is 2.11. The number of hydrogen-bond donors (Lipinski definition) is 0. The fourth-order valence-electron chi connectivity index (χ4n) is 3.67. The molecule has 1 saturated heterocycles. The van der Waals surface area contributed by atoms with E-state index >= 15 is 0 Å². The lowest BCUT2D eigenvalue weighted by atomic mass is 9.93. The first kappa shape index (κ1) is 19.0. The third-order valence-corrected chi connectivity index (χ3v) is 5.11. The van der Waals surface area contributed by atoms with Crippen molar-refractivity contribution >= 4 is 5.91 Å². The van der Waals surface area contributed by atoms with Crippen LogP contribution in [0.1, 0.15) is 40.5 Å². The first-order chi connectivity index (χ1) is 14.0. The molecular weight excluding hydrogens is 373 g/mol. The van der Waals surface area contributed by atoms with Gasteiger partial charge in [0, 0.05) is 50.7 Å². The number of ether oxygens (including phenoxy) is 1. The molecule has 1 amide bonds. The van der Waals surface area contributed by atoms with Gasteiger partial charge in [-0.05, 0) is 31.9 Å². The van der Waals surface area contributed by atoms with Gasteiger partial charge in [0.1, 0.15) is 17.3 Å². The Labute approximate surface area is 168 Å². The Bertz CT molecular complexity index is 1030. The van der Waals surface area contributed by atoms with Gasteiger partial charge in [0.05, 0.1) is 11.3 Å². The zero-order valence-electron chi connectivity index (χ0n) is 16.4. The van der Waals surface area contributed by atoms with E-state index in [1.807, 2.05) is 18.9 Å². The Kier molecular flexibility index (Phi) is 5.24. The second kappa shape index (κ2) is 7.98. The molecule has 3 heterocycles. The van der Waals surface area contributed by atoms with Crippen molar-refractivity contribution in [1.82, 2.24) is 24.6 Å². The summed E-state index contributed by atoms with van der Waals surface area (Å²) in [7, 11) is 1.81. The van der Waals surface area contributed by atoms with Gasteiger partial charge in [-0.2, -0.15) is 5.10 Å². The number of piperidine rings is 1. The zero-order chi connectivity index (χ0) is 20.4. The van der Waals surface area contributed by atoms with Crippen LogP contribution in [-0.2, 0) is 7.05 Å². The maximum Gasteiger partial charge on any atom is 0.257 e. The molecule has 0 unspecified atom stereocenters. The molecule has 3 aromatic rings. The number of aryl methyl sites for hydroxylation is 2. The van der Waals surface area contributed by atoms with E-state index in [0.29, 0.717) is 30.3 Å². The normalized spacial score (nSPS) is 14.8. The fraction of sp³-hybridized carbons (Fsp3) is 0.333. The van der Waals surface area contributed by atoms with E-state index in [0.717, 1.165) is 24.2 Å². The maximum absolute atomic E-state index is 13.5. The molecule has 7 nitrogen and oxygen atoms in total. The molecule has 150 valence electrons. The van der Waals surface area contributed by atoms with Gasteiger partial charge in [-0.25, -0.2) is 9.37 Å². The highest BCUT2D eigenvalue weighted by Crippen LogP contribution is 2.34. The van der Waals surface area contributed by atoms with Gasteiger partial charge < -0.3 is 9.64 Å². The predicted molar refractivity (Wildman–Crippen MR) is 104 cm³/mol. The maximum atomic E-state index is 13.5. The number of rotatable bonds is 4. The monoisotopic (exact) mass is 395 g/mol. The molecule has 0 spiro atoms.